The molecule has 152 valence electrons. The third kappa shape index (κ3) is 3.67. The molecule has 31 heavy (non-hydrogen) atoms. The fraction of sp³-hybridized carbons (Fsp3) is 0.182. The molecular weight excluding hydrogens is 394 g/mol. The number of hydrogen-bond donors (Lipinski definition) is 0. The van der Waals surface area contributed by atoms with Crippen LogP contribution in [0.5, 0.6) is 0 Å². The van der Waals surface area contributed by atoms with E-state index in [0.29, 0.717) is 41.6 Å². The topological polar surface area (TPSA) is 114 Å². The Morgan fingerprint density at radius 1 is 1.13 bits per heavy atom. The number of benzene rings is 2. The quantitative estimate of drug-likeness (QED) is 0.507. The summed E-state index contributed by atoms with van der Waals surface area (Å²) in [6.45, 7) is 1.15. The molecule has 1 fully saturated rings. The Balaban J connectivity index is 1.28. The second-order valence-corrected chi connectivity index (χ2v) is 7.26. The van der Waals surface area contributed by atoms with Crippen molar-refractivity contribution in [1.82, 2.24) is 30.0 Å². The summed E-state index contributed by atoms with van der Waals surface area (Å²) in [5, 5.41) is 21.3. The molecule has 0 bridgehead atoms. The first-order chi connectivity index (χ1) is 15.2. The van der Waals surface area contributed by atoms with E-state index in [1.54, 1.807) is 40.0 Å². The molecule has 2 aromatic heterocycles. The lowest BCUT2D eigenvalue weighted by Gasteiger charge is -2.16. The highest BCUT2D eigenvalue weighted by molar-refractivity contribution is 5.94. The van der Waals surface area contributed by atoms with Crippen molar-refractivity contribution in [3.05, 3.63) is 71.9 Å². The molecule has 5 rings (SSSR count). The number of likely N-dealkylation sites (tertiary alicyclic amines) is 1. The van der Waals surface area contributed by atoms with Crippen LogP contribution in [0.3, 0.4) is 0 Å². The molecular formula is C22H17N7O2. The van der Waals surface area contributed by atoms with Crippen molar-refractivity contribution >= 4 is 5.91 Å². The maximum Gasteiger partial charge on any atom is 0.280 e. The van der Waals surface area contributed by atoms with Gasteiger partial charge in [-0.3, -0.25) is 4.79 Å². The average Bonchev–Trinajstić information content (AvgIpc) is 3.59. The largest absolute Gasteiger partial charge is 0.336 e. The summed E-state index contributed by atoms with van der Waals surface area (Å²) >= 11 is 0. The number of nitrogens with zero attached hydrogens (tertiary/aromatic N) is 7. The minimum atomic E-state index is -0.0586. The number of aromatic nitrogens is 5. The number of carbonyl (C=O) groups excluding carboxylic acids is 1. The Labute approximate surface area is 177 Å². The molecule has 1 saturated heterocycles. The number of carbonyl (C=O) groups is 1. The van der Waals surface area contributed by atoms with Gasteiger partial charge in [-0.2, -0.15) is 10.2 Å². The lowest BCUT2D eigenvalue weighted by atomic mass is 10.1. The van der Waals surface area contributed by atoms with E-state index in [9.17, 15) is 4.79 Å². The summed E-state index contributed by atoms with van der Waals surface area (Å²) in [4.78, 5) is 18.9. The Hall–Kier alpha value is -4.32. The zero-order chi connectivity index (χ0) is 21.2. The van der Waals surface area contributed by atoms with E-state index < -0.39 is 0 Å². The summed E-state index contributed by atoms with van der Waals surface area (Å²) in [6.07, 6.45) is 2.53. The molecule has 4 aromatic rings. The highest BCUT2D eigenvalue weighted by Crippen LogP contribution is 2.25. The van der Waals surface area contributed by atoms with Crippen molar-refractivity contribution < 1.29 is 9.32 Å². The van der Waals surface area contributed by atoms with Crippen LogP contribution in [0.2, 0.25) is 0 Å². The standard InChI is InChI=1S/C22H17N7O2/c23-12-15-6-8-17(9-7-15)22(30)28-11-10-18(13-28)29-14-19(25-27-29)21-24-20(26-31-21)16-4-2-1-3-5-16/h1-9,14,18H,10-11,13H2/t18-/m1/s1. The van der Waals surface area contributed by atoms with Crippen molar-refractivity contribution in [3.8, 4) is 29.0 Å². The average molecular weight is 411 g/mol. The molecule has 9 heteroatoms. The molecule has 0 aliphatic carbocycles. The van der Waals surface area contributed by atoms with Crippen molar-refractivity contribution in [2.24, 2.45) is 0 Å². The van der Waals surface area contributed by atoms with Gasteiger partial charge in [0.05, 0.1) is 23.9 Å². The Morgan fingerprint density at radius 3 is 2.71 bits per heavy atom. The normalized spacial score (nSPS) is 15.7. The van der Waals surface area contributed by atoms with E-state index in [0.717, 1.165) is 12.0 Å². The Bertz CT molecular complexity index is 1260. The van der Waals surface area contributed by atoms with Crippen molar-refractivity contribution in [2.45, 2.75) is 12.5 Å². The Morgan fingerprint density at radius 2 is 1.94 bits per heavy atom. The minimum absolute atomic E-state index is 0.0140. The van der Waals surface area contributed by atoms with E-state index in [4.69, 9.17) is 9.78 Å². The predicted molar refractivity (Wildman–Crippen MR) is 109 cm³/mol. The molecule has 1 aliphatic rings. The summed E-state index contributed by atoms with van der Waals surface area (Å²) in [5.41, 5.74) is 2.45. The van der Waals surface area contributed by atoms with Crippen LogP contribution < -0.4 is 0 Å². The van der Waals surface area contributed by atoms with Gasteiger partial charge < -0.3 is 9.42 Å². The molecule has 1 atom stereocenters. The van der Waals surface area contributed by atoms with Gasteiger partial charge in [-0.1, -0.05) is 40.7 Å². The number of hydrogen-bond acceptors (Lipinski definition) is 7. The number of nitriles is 1. The smallest absolute Gasteiger partial charge is 0.280 e. The first-order valence-corrected chi connectivity index (χ1v) is 9.82. The highest BCUT2D eigenvalue weighted by Gasteiger charge is 2.29. The molecule has 0 radical (unpaired) electrons. The molecule has 3 heterocycles. The Kier molecular flexibility index (Phi) is 4.72. The molecule has 1 aliphatic heterocycles. The first-order valence-electron chi connectivity index (χ1n) is 9.82. The fourth-order valence-corrected chi connectivity index (χ4v) is 3.60. The second kappa shape index (κ2) is 7.84. The van der Waals surface area contributed by atoms with Gasteiger partial charge in [0.1, 0.15) is 0 Å². The van der Waals surface area contributed by atoms with Gasteiger partial charge in [-0.05, 0) is 30.7 Å². The fourth-order valence-electron chi connectivity index (χ4n) is 3.60. The maximum absolute atomic E-state index is 12.8. The van der Waals surface area contributed by atoms with Crippen LogP contribution in [-0.2, 0) is 0 Å². The van der Waals surface area contributed by atoms with Gasteiger partial charge in [-0.15, -0.1) is 5.10 Å². The molecule has 0 N–H and O–H groups in total. The molecule has 0 saturated carbocycles. The molecule has 9 nitrogen and oxygen atoms in total. The molecule has 0 unspecified atom stereocenters. The van der Waals surface area contributed by atoms with Crippen LogP contribution in [-0.4, -0.2) is 49.0 Å². The van der Waals surface area contributed by atoms with E-state index in [1.807, 2.05) is 30.3 Å². The summed E-state index contributed by atoms with van der Waals surface area (Å²) in [6, 6.07) is 18.3. The van der Waals surface area contributed by atoms with Crippen LogP contribution >= 0.6 is 0 Å². The summed E-state index contributed by atoms with van der Waals surface area (Å²) in [5.74, 6) is 0.732. The SMILES string of the molecule is N#Cc1ccc(C(=O)N2CC[C@@H](n3cc(-c4nc(-c5ccccc5)no4)nn3)C2)cc1. The minimum Gasteiger partial charge on any atom is -0.336 e. The lowest BCUT2D eigenvalue weighted by molar-refractivity contribution is 0.0787. The van der Waals surface area contributed by atoms with Crippen LogP contribution in [0.15, 0.2) is 65.3 Å². The zero-order valence-electron chi connectivity index (χ0n) is 16.4. The predicted octanol–water partition coefficient (Wildman–Crippen LogP) is 2.95. The molecule has 2 aromatic carbocycles. The summed E-state index contributed by atoms with van der Waals surface area (Å²) in [7, 11) is 0. The first kappa shape index (κ1) is 18.7. The van der Waals surface area contributed by atoms with E-state index in [-0.39, 0.29) is 11.9 Å². The van der Waals surface area contributed by atoms with Gasteiger partial charge >= 0.3 is 0 Å². The van der Waals surface area contributed by atoms with Gasteiger partial charge in [-0.25, -0.2) is 4.68 Å². The zero-order valence-corrected chi connectivity index (χ0v) is 16.4. The van der Waals surface area contributed by atoms with Crippen molar-refractivity contribution in [2.75, 3.05) is 13.1 Å². The van der Waals surface area contributed by atoms with Gasteiger partial charge in [0.25, 0.3) is 11.8 Å². The van der Waals surface area contributed by atoms with E-state index in [1.165, 1.54) is 0 Å². The molecule has 1 amide bonds. The maximum atomic E-state index is 12.8. The molecule has 0 spiro atoms. The van der Waals surface area contributed by atoms with Crippen molar-refractivity contribution in [1.29, 1.82) is 5.26 Å². The van der Waals surface area contributed by atoms with E-state index >= 15 is 0 Å². The number of rotatable bonds is 4. The van der Waals surface area contributed by atoms with Crippen LogP contribution in [0, 0.1) is 11.3 Å². The van der Waals surface area contributed by atoms with Gasteiger partial charge in [0, 0.05) is 24.2 Å². The second-order valence-electron chi connectivity index (χ2n) is 7.26. The summed E-state index contributed by atoms with van der Waals surface area (Å²) < 4.78 is 7.10. The van der Waals surface area contributed by atoms with E-state index in [2.05, 4.69) is 26.5 Å². The highest BCUT2D eigenvalue weighted by atomic mass is 16.5. The lowest BCUT2D eigenvalue weighted by Crippen LogP contribution is -2.29. The monoisotopic (exact) mass is 411 g/mol. The number of amides is 1. The van der Waals surface area contributed by atoms with Crippen LogP contribution in [0.4, 0.5) is 0 Å². The third-order valence-corrected chi connectivity index (χ3v) is 5.27. The van der Waals surface area contributed by atoms with Gasteiger partial charge in [0.15, 0.2) is 5.69 Å². The third-order valence-electron chi connectivity index (χ3n) is 5.27. The van der Waals surface area contributed by atoms with Crippen molar-refractivity contribution in [3.63, 3.8) is 0 Å². The van der Waals surface area contributed by atoms with Crippen LogP contribution in [0.1, 0.15) is 28.4 Å². The van der Waals surface area contributed by atoms with Crippen LogP contribution in [0.25, 0.3) is 23.0 Å². The van der Waals surface area contributed by atoms with Gasteiger partial charge in [0.2, 0.25) is 5.82 Å².